The smallest absolute Gasteiger partial charge is 0.339 e. The molecular weight excluding hydrogens is 323 g/mol. The molecule has 0 unspecified atom stereocenters. The van der Waals surface area contributed by atoms with Crippen molar-refractivity contribution in [2.24, 2.45) is 0 Å². The van der Waals surface area contributed by atoms with Crippen LogP contribution in [-0.2, 0) is 0 Å². The largest absolute Gasteiger partial charge is 0.478 e. The summed E-state index contributed by atoms with van der Waals surface area (Å²) in [6, 6.07) is 2.94. The first-order valence-electron chi connectivity index (χ1n) is 4.74. The van der Waals surface area contributed by atoms with E-state index >= 15 is 0 Å². The summed E-state index contributed by atoms with van der Waals surface area (Å²) in [6.45, 7) is 0. The molecule has 0 saturated carbocycles. The van der Waals surface area contributed by atoms with Crippen LogP contribution in [-0.4, -0.2) is 21.0 Å². The van der Waals surface area contributed by atoms with E-state index in [0.29, 0.717) is 4.47 Å². The molecule has 2 rings (SSSR count). The molecule has 92 valence electrons. The Bertz CT molecular complexity index is 607. The van der Waals surface area contributed by atoms with Crippen LogP contribution in [0.15, 0.2) is 35.2 Å². The molecule has 5 nitrogen and oxygen atoms in total. The number of aromatic nitrogens is 2. The van der Waals surface area contributed by atoms with Crippen molar-refractivity contribution in [3.8, 4) is 11.6 Å². The fourth-order valence-corrected chi connectivity index (χ4v) is 1.89. The number of pyridine rings is 2. The summed E-state index contributed by atoms with van der Waals surface area (Å²) in [4.78, 5) is 18.7. The molecule has 0 atom stereocenters. The van der Waals surface area contributed by atoms with Crippen molar-refractivity contribution in [1.82, 2.24) is 9.97 Å². The Labute approximate surface area is 116 Å². The maximum atomic E-state index is 11.0. The zero-order valence-electron chi connectivity index (χ0n) is 8.80. The second-order valence-corrected chi connectivity index (χ2v) is 4.54. The third-order valence-corrected chi connectivity index (χ3v) is 2.70. The van der Waals surface area contributed by atoms with Crippen molar-refractivity contribution in [3.63, 3.8) is 0 Å². The maximum Gasteiger partial charge on any atom is 0.339 e. The lowest BCUT2D eigenvalue weighted by Gasteiger charge is -2.08. The second-order valence-electron chi connectivity index (χ2n) is 3.22. The Hall–Kier alpha value is -1.66. The van der Waals surface area contributed by atoms with E-state index in [2.05, 4.69) is 25.9 Å². The molecule has 1 N–H and O–H groups in total. The number of carboxylic acids is 1. The Kier molecular flexibility index (Phi) is 3.78. The van der Waals surface area contributed by atoms with E-state index in [1.54, 1.807) is 6.07 Å². The van der Waals surface area contributed by atoms with Crippen LogP contribution >= 0.6 is 27.5 Å². The van der Waals surface area contributed by atoms with Gasteiger partial charge in [0, 0.05) is 16.9 Å². The molecule has 0 fully saturated rings. The number of hydrogen-bond acceptors (Lipinski definition) is 4. The van der Waals surface area contributed by atoms with Gasteiger partial charge in [-0.2, -0.15) is 0 Å². The monoisotopic (exact) mass is 328 g/mol. The molecule has 0 bridgehead atoms. The van der Waals surface area contributed by atoms with Crippen LogP contribution in [0.4, 0.5) is 0 Å². The molecule has 2 heterocycles. The molecule has 0 saturated heterocycles. The van der Waals surface area contributed by atoms with E-state index < -0.39 is 5.97 Å². The lowest BCUT2D eigenvalue weighted by atomic mass is 10.2. The summed E-state index contributed by atoms with van der Waals surface area (Å²) in [5.41, 5.74) is -0.00853. The number of halogens is 2. The van der Waals surface area contributed by atoms with Crippen LogP contribution in [0.2, 0.25) is 5.02 Å². The first-order valence-corrected chi connectivity index (χ1v) is 5.91. The van der Waals surface area contributed by atoms with E-state index in [-0.39, 0.29) is 22.2 Å². The molecule has 0 radical (unpaired) electrons. The molecule has 0 aliphatic rings. The molecule has 2 aromatic heterocycles. The van der Waals surface area contributed by atoms with Gasteiger partial charge in [0.2, 0.25) is 5.88 Å². The Morgan fingerprint density at radius 3 is 2.89 bits per heavy atom. The van der Waals surface area contributed by atoms with Gasteiger partial charge in [-0.1, -0.05) is 11.6 Å². The normalized spacial score (nSPS) is 10.1. The number of rotatable bonds is 3. The number of carbonyl (C=O) groups is 1. The first kappa shape index (κ1) is 12.8. The SMILES string of the molecule is O=C(O)c1ccncc1Oc1ncc(Br)cc1Cl. The molecule has 7 heteroatoms. The van der Waals surface area contributed by atoms with Gasteiger partial charge in [-0.05, 0) is 28.1 Å². The maximum absolute atomic E-state index is 11.0. The van der Waals surface area contributed by atoms with Crippen LogP contribution < -0.4 is 4.74 Å². The fourth-order valence-electron chi connectivity index (χ4n) is 1.22. The lowest BCUT2D eigenvalue weighted by molar-refractivity contribution is 0.0694. The minimum absolute atomic E-state index is 0.00853. The second kappa shape index (κ2) is 5.32. The Morgan fingerprint density at radius 1 is 1.44 bits per heavy atom. The van der Waals surface area contributed by atoms with E-state index in [4.69, 9.17) is 21.4 Å². The lowest BCUT2D eigenvalue weighted by Crippen LogP contribution is -2.01. The van der Waals surface area contributed by atoms with Gasteiger partial charge >= 0.3 is 5.97 Å². The summed E-state index contributed by atoms with van der Waals surface area (Å²) < 4.78 is 6.05. The van der Waals surface area contributed by atoms with E-state index in [1.807, 2.05) is 0 Å². The first-order chi connectivity index (χ1) is 8.58. The van der Waals surface area contributed by atoms with Crippen molar-refractivity contribution in [3.05, 3.63) is 45.8 Å². The third-order valence-electron chi connectivity index (χ3n) is 2.00. The standard InChI is InChI=1S/C11H6BrClN2O3/c12-6-3-8(13)10(15-4-6)18-9-5-14-2-1-7(9)11(16)17/h1-5H,(H,16,17). The number of nitrogens with zero attached hydrogens (tertiary/aromatic N) is 2. The molecule has 0 aromatic carbocycles. The highest BCUT2D eigenvalue weighted by molar-refractivity contribution is 9.10. The van der Waals surface area contributed by atoms with Gasteiger partial charge in [0.1, 0.15) is 10.6 Å². The molecular formula is C11H6BrClN2O3. The predicted molar refractivity (Wildman–Crippen MR) is 68.2 cm³/mol. The van der Waals surface area contributed by atoms with Crippen molar-refractivity contribution < 1.29 is 14.6 Å². The van der Waals surface area contributed by atoms with Crippen LogP contribution in [0.25, 0.3) is 0 Å². The van der Waals surface area contributed by atoms with Gasteiger partial charge in [-0.15, -0.1) is 0 Å². The third kappa shape index (κ3) is 2.77. The zero-order chi connectivity index (χ0) is 13.1. The summed E-state index contributed by atoms with van der Waals surface area (Å²) in [6.07, 6.45) is 4.16. The fraction of sp³-hybridized carbons (Fsp3) is 0. The number of hydrogen-bond donors (Lipinski definition) is 1. The Balaban J connectivity index is 2.37. The molecule has 0 spiro atoms. The molecule has 0 amide bonds. The van der Waals surface area contributed by atoms with Crippen LogP contribution in [0.1, 0.15) is 10.4 Å². The van der Waals surface area contributed by atoms with Crippen LogP contribution in [0, 0.1) is 0 Å². The molecule has 2 aromatic rings. The van der Waals surface area contributed by atoms with Crippen LogP contribution in [0.3, 0.4) is 0 Å². The molecule has 0 aliphatic carbocycles. The number of ether oxygens (including phenoxy) is 1. The van der Waals surface area contributed by atoms with E-state index in [9.17, 15) is 4.79 Å². The van der Waals surface area contributed by atoms with E-state index in [0.717, 1.165) is 0 Å². The zero-order valence-corrected chi connectivity index (χ0v) is 11.1. The summed E-state index contributed by atoms with van der Waals surface area (Å²) >= 11 is 9.14. The summed E-state index contributed by atoms with van der Waals surface area (Å²) in [5, 5.41) is 9.26. The molecule has 0 aliphatic heterocycles. The van der Waals surface area contributed by atoms with Gasteiger partial charge in [0.25, 0.3) is 0 Å². The predicted octanol–water partition coefficient (Wildman–Crippen LogP) is 3.38. The van der Waals surface area contributed by atoms with Crippen molar-refractivity contribution in [2.45, 2.75) is 0 Å². The van der Waals surface area contributed by atoms with Crippen molar-refractivity contribution >= 4 is 33.5 Å². The quantitative estimate of drug-likeness (QED) is 0.934. The highest BCUT2D eigenvalue weighted by Crippen LogP contribution is 2.30. The highest BCUT2D eigenvalue weighted by atomic mass is 79.9. The average molecular weight is 330 g/mol. The number of carboxylic acid groups (broad SMARTS) is 1. The Morgan fingerprint density at radius 2 is 2.22 bits per heavy atom. The summed E-state index contributed by atoms with van der Waals surface area (Å²) in [5.74, 6) is -0.905. The summed E-state index contributed by atoms with van der Waals surface area (Å²) in [7, 11) is 0. The topological polar surface area (TPSA) is 72.3 Å². The van der Waals surface area contributed by atoms with Crippen LogP contribution in [0.5, 0.6) is 11.6 Å². The minimum Gasteiger partial charge on any atom is -0.478 e. The van der Waals surface area contributed by atoms with E-state index in [1.165, 1.54) is 24.7 Å². The van der Waals surface area contributed by atoms with Gasteiger partial charge in [-0.3, -0.25) is 4.98 Å². The average Bonchev–Trinajstić information content (AvgIpc) is 2.33. The van der Waals surface area contributed by atoms with Gasteiger partial charge in [-0.25, -0.2) is 9.78 Å². The van der Waals surface area contributed by atoms with Gasteiger partial charge in [0.15, 0.2) is 5.75 Å². The highest BCUT2D eigenvalue weighted by Gasteiger charge is 2.14. The number of aromatic carboxylic acids is 1. The van der Waals surface area contributed by atoms with Crippen molar-refractivity contribution in [2.75, 3.05) is 0 Å². The van der Waals surface area contributed by atoms with Crippen molar-refractivity contribution in [1.29, 1.82) is 0 Å². The van der Waals surface area contributed by atoms with Gasteiger partial charge in [0.05, 0.1) is 6.20 Å². The van der Waals surface area contributed by atoms with Gasteiger partial charge < -0.3 is 9.84 Å². The minimum atomic E-state index is -1.11. The molecule has 18 heavy (non-hydrogen) atoms.